The number of aryl methyl sites for hydroxylation is 1. The molecule has 0 aliphatic rings. The first-order chi connectivity index (χ1) is 9.84. The molecule has 0 aliphatic heterocycles. The number of benzene rings is 1. The molecule has 7 heteroatoms. The lowest BCUT2D eigenvalue weighted by molar-refractivity contribution is 0.594. The van der Waals surface area contributed by atoms with Gasteiger partial charge >= 0.3 is 0 Å². The van der Waals surface area contributed by atoms with E-state index in [-0.39, 0.29) is 9.88 Å². The lowest BCUT2D eigenvalue weighted by Gasteiger charge is -2.20. The van der Waals surface area contributed by atoms with Crippen LogP contribution in [0, 0.1) is 6.92 Å². The van der Waals surface area contributed by atoms with Gasteiger partial charge in [0.1, 0.15) is 4.99 Å². The van der Waals surface area contributed by atoms with Gasteiger partial charge in [0, 0.05) is 25.0 Å². The van der Waals surface area contributed by atoms with Crippen LogP contribution in [0.25, 0.3) is 0 Å². The predicted molar refractivity (Wildman–Crippen MR) is 86.9 cm³/mol. The number of pyridine rings is 1. The molecule has 0 radical (unpaired) electrons. The Morgan fingerprint density at radius 3 is 2.38 bits per heavy atom. The number of aromatic nitrogens is 1. The summed E-state index contributed by atoms with van der Waals surface area (Å²) >= 11 is 4.93. The zero-order chi connectivity index (χ0) is 15.6. The first kappa shape index (κ1) is 15.4. The summed E-state index contributed by atoms with van der Waals surface area (Å²) in [6.07, 6.45) is 3.09. The summed E-state index contributed by atoms with van der Waals surface area (Å²) in [5, 5.41) is 0. The van der Waals surface area contributed by atoms with Gasteiger partial charge in [-0.2, -0.15) is 0 Å². The van der Waals surface area contributed by atoms with Crippen molar-refractivity contribution in [3.05, 3.63) is 53.9 Å². The second-order valence-electron chi connectivity index (χ2n) is 4.52. The van der Waals surface area contributed by atoms with Crippen LogP contribution < -0.4 is 10.0 Å². The van der Waals surface area contributed by atoms with Crippen molar-refractivity contribution >= 4 is 32.9 Å². The summed E-state index contributed by atoms with van der Waals surface area (Å²) in [7, 11) is -2.13. The highest BCUT2D eigenvalue weighted by Gasteiger charge is 2.22. The van der Waals surface area contributed by atoms with Gasteiger partial charge in [-0.05, 0) is 36.8 Å². The number of thiocarbonyl (C=S) groups is 1. The largest absolute Gasteiger partial charge is 0.389 e. The molecule has 21 heavy (non-hydrogen) atoms. The van der Waals surface area contributed by atoms with Crippen molar-refractivity contribution in [1.82, 2.24) is 4.98 Å². The van der Waals surface area contributed by atoms with Crippen molar-refractivity contribution in [3.8, 4) is 0 Å². The highest BCUT2D eigenvalue weighted by atomic mass is 32.2. The molecule has 0 fully saturated rings. The van der Waals surface area contributed by atoms with Crippen LogP contribution >= 0.6 is 12.2 Å². The van der Waals surface area contributed by atoms with Gasteiger partial charge in [0.2, 0.25) is 0 Å². The number of hydrogen-bond acceptors (Lipinski definition) is 4. The second kappa shape index (κ2) is 5.79. The van der Waals surface area contributed by atoms with E-state index in [1.165, 1.54) is 17.4 Å². The summed E-state index contributed by atoms with van der Waals surface area (Å²) in [4.78, 5) is 4.32. The van der Waals surface area contributed by atoms with Crippen LogP contribution in [0.1, 0.15) is 11.1 Å². The van der Waals surface area contributed by atoms with Gasteiger partial charge in [-0.3, -0.25) is 9.29 Å². The van der Waals surface area contributed by atoms with Crippen molar-refractivity contribution in [1.29, 1.82) is 0 Å². The zero-order valence-corrected chi connectivity index (χ0v) is 13.3. The van der Waals surface area contributed by atoms with E-state index in [0.717, 1.165) is 5.56 Å². The summed E-state index contributed by atoms with van der Waals surface area (Å²) in [5.74, 6) is 0. The Kier molecular flexibility index (Phi) is 4.24. The van der Waals surface area contributed by atoms with E-state index in [0.29, 0.717) is 11.3 Å². The molecule has 110 valence electrons. The van der Waals surface area contributed by atoms with Gasteiger partial charge in [-0.1, -0.05) is 18.3 Å². The average molecular weight is 321 g/mol. The summed E-state index contributed by atoms with van der Waals surface area (Å²) in [6.45, 7) is 1.78. The van der Waals surface area contributed by atoms with Crippen molar-refractivity contribution in [2.24, 2.45) is 5.73 Å². The monoisotopic (exact) mass is 321 g/mol. The normalized spacial score (nSPS) is 11.1. The minimum Gasteiger partial charge on any atom is -0.389 e. The summed E-state index contributed by atoms with van der Waals surface area (Å²) in [5.41, 5.74) is 7.54. The highest BCUT2D eigenvalue weighted by Crippen LogP contribution is 2.23. The summed E-state index contributed by atoms with van der Waals surface area (Å²) in [6, 6.07) is 7.97. The molecule has 2 rings (SSSR count). The van der Waals surface area contributed by atoms with Gasteiger partial charge < -0.3 is 5.73 Å². The van der Waals surface area contributed by atoms with Crippen molar-refractivity contribution in [2.75, 3.05) is 11.4 Å². The van der Waals surface area contributed by atoms with Crippen molar-refractivity contribution < 1.29 is 8.42 Å². The number of rotatable bonds is 4. The van der Waals surface area contributed by atoms with Gasteiger partial charge in [0.05, 0.1) is 10.6 Å². The maximum absolute atomic E-state index is 12.6. The maximum atomic E-state index is 12.6. The number of nitrogens with zero attached hydrogens (tertiary/aromatic N) is 2. The van der Waals surface area contributed by atoms with Crippen LogP contribution in [0.3, 0.4) is 0 Å². The minimum absolute atomic E-state index is 0.194. The second-order valence-corrected chi connectivity index (χ2v) is 6.93. The van der Waals surface area contributed by atoms with E-state index in [4.69, 9.17) is 18.0 Å². The average Bonchev–Trinajstić information content (AvgIpc) is 2.46. The molecule has 0 aliphatic carbocycles. The van der Waals surface area contributed by atoms with Crippen LogP contribution in [-0.4, -0.2) is 25.4 Å². The van der Waals surface area contributed by atoms with Crippen molar-refractivity contribution in [2.45, 2.75) is 11.8 Å². The molecule has 0 saturated carbocycles. The molecule has 1 aromatic heterocycles. The smallest absolute Gasteiger partial charge is 0.264 e. The molecule has 0 spiro atoms. The first-order valence-electron chi connectivity index (χ1n) is 6.13. The maximum Gasteiger partial charge on any atom is 0.264 e. The Bertz CT molecular complexity index is 774. The Morgan fingerprint density at radius 2 is 1.86 bits per heavy atom. The molecule has 0 bridgehead atoms. The topological polar surface area (TPSA) is 76.3 Å². The lowest BCUT2D eigenvalue weighted by atomic mass is 10.1. The van der Waals surface area contributed by atoms with Crippen LogP contribution in [0.2, 0.25) is 0 Å². The van der Waals surface area contributed by atoms with Gasteiger partial charge in [0.25, 0.3) is 10.0 Å². The molecular formula is C14H15N3O2S2. The first-order valence-corrected chi connectivity index (χ1v) is 7.98. The molecule has 2 N–H and O–H groups in total. The molecule has 1 heterocycles. The van der Waals surface area contributed by atoms with Crippen LogP contribution in [0.5, 0.6) is 0 Å². The fraction of sp³-hybridized carbons (Fsp3) is 0.143. The Labute approximate surface area is 129 Å². The van der Waals surface area contributed by atoms with E-state index in [1.807, 2.05) is 0 Å². The van der Waals surface area contributed by atoms with Crippen LogP contribution in [-0.2, 0) is 10.0 Å². The third-order valence-electron chi connectivity index (χ3n) is 3.15. The number of hydrogen-bond donors (Lipinski definition) is 1. The van der Waals surface area contributed by atoms with E-state index >= 15 is 0 Å². The minimum atomic E-state index is -3.64. The third-order valence-corrected chi connectivity index (χ3v) is 5.15. The van der Waals surface area contributed by atoms with Gasteiger partial charge in [0.15, 0.2) is 0 Å². The fourth-order valence-corrected chi connectivity index (χ4v) is 3.43. The molecule has 2 aromatic rings. The SMILES string of the molecule is Cc1cc(S(=O)(=O)N(C)c2ccncc2)ccc1C(N)=S. The van der Waals surface area contributed by atoms with Crippen molar-refractivity contribution in [3.63, 3.8) is 0 Å². The standard InChI is InChI=1S/C14H15N3O2S2/c1-10-9-12(3-4-13(10)14(15)20)21(18,19)17(2)11-5-7-16-8-6-11/h3-9H,1-2H3,(H2,15,20). The van der Waals surface area contributed by atoms with E-state index < -0.39 is 10.0 Å². The quantitative estimate of drug-likeness (QED) is 0.870. The lowest BCUT2D eigenvalue weighted by Crippen LogP contribution is -2.26. The molecule has 1 aromatic carbocycles. The Morgan fingerprint density at radius 1 is 1.24 bits per heavy atom. The zero-order valence-electron chi connectivity index (χ0n) is 11.6. The van der Waals surface area contributed by atoms with Gasteiger partial charge in [-0.15, -0.1) is 0 Å². The molecular weight excluding hydrogens is 306 g/mol. The Balaban J connectivity index is 2.45. The van der Waals surface area contributed by atoms with Gasteiger partial charge in [-0.25, -0.2) is 8.42 Å². The van der Waals surface area contributed by atoms with Crippen LogP contribution in [0.15, 0.2) is 47.6 Å². The summed E-state index contributed by atoms with van der Waals surface area (Å²) < 4.78 is 26.4. The highest BCUT2D eigenvalue weighted by molar-refractivity contribution is 7.92. The van der Waals surface area contributed by atoms with E-state index in [1.54, 1.807) is 43.6 Å². The Hall–Kier alpha value is -1.99. The molecule has 0 unspecified atom stereocenters. The molecule has 0 saturated heterocycles. The number of nitrogens with two attached hydrogens (primary N) is 1. The third kappa shape index (κ3) is 3.03. The molecule has 0 amide bonds. The predicted octanol–water partition coefficient (Wildman–Crippen LogP) is 1.85. The number of sulfonamides is 1. The van der Waals surface area contributed by atoms with E-state index in [2.05, 4.69) is 4.98 Å². The number of anilines is 1. The molecule has 0 atom stereocenters. The fourth-order valence-electron chi connectivity index (χ4n) is 1.92. The van der Waals surface area contributed by atoms with E-state index in [9.17, 15) is 8.42 Å². The van der Waals surface area contributed by atoms with Crippen LogP contribution in [0.4, 0.5) is 5.69 Å². The molecule has 5 nitrogen and oxygen atoms in total.